The van der Waals surface area contributed by atoms with Crippen molar-refractivity contribution >= 4 is 10.9 Å². The number of aromatic nitrogens is 1. The second kappa shape index (κ2) is 5.57. The molecule has 1 aliphatic rings. The van der Waals surface area contributed by atoms with Crippen LogP contribution in [0.15, 0.2) is 30.3 Å². The summed E-state index contributed by atoms with van der Waals surface area (Å²) in [7, 11) is 0. The lowest BCUT2D eigenvalue weighted by atomic mass is 9.98. The fraction of sp³-hybridized carbons (Fsp3) is 0.438. The van der Waals surface area contributed by atoms with Gasteiger partial charge in [0.2, 0.25) is 5.88 Å². The number of nitrogens with zero attached hydrogens (tertiary/aromatic N) is 1. The average molecular weight is 257 g/mol. The summed E-state index contributed by atoms with van der Waals surface area (Å²) in [6.45, 7) is 0.0179. The van der Waals surface area contributed by atoms with Crippen molar-refractivity contribution in [2.24, 2.45) is 0 Å². The van der Waals surface area contributed by atoms with Crippen LogP contribution < -0.4 is 4.74 Å². The average Bonchev–Trinajstić information content (AvgIpc) is 2.47. The maximum atomic E-state index is 9.48. The number of benzene rings is 1. The van der Waals surface area contributed by atoms with Crippen molar-refractivity contribution < 1.29 is 9.84 Å². The molecule has 1 heterocycles. The fourth-order valence-electron chi connectivity index (χ4n) is 2.77. The largest absolute Gasteiger partial charge is 0.474 e. The highest BCUT2D eigenvalue weighted by Crippen LogP contribution is 2.26. The zero-order valence-electron chi connectivity index (χ0n) is 11.0. The standard InChI is InChI=1S/C16H19NO2/c18-11-12-10-16(19-13-6-2-1-3-7-13)17-15-9-5-4-8-14(12)15/h4-5,8-10,13,18H,1-3,6-7,11H2. The third-order valence-electron chi connectivity index (χ3n) is 3.79. The van der Waals surface area contributed by atoms with Crippen molar-refractivity contribution in [3.63, 3.8) is 0 Å². The molecule has 0 saturated heterocycles. The highest BCUT2D eigenvalue weighted by atomic mass is 16.5. The number of ether oxygens (including phenoxy) is 1. The highest BCUT2D eigenvalue weighted by molar-refractivity contribution is 5.82. The van der Waals surface area contributed by atoms with E-state index in [-0.39, 0.29) is 12.7 Å². The monoisotopic (exact) mass is 257 g/mol. The van der Waals surface area contributed by atoms with Crippen LogP contribution in [0.25, 0.3) is 10.9 Å². The van der Waals surface area contributed by atoms with Gasteiger partial charge in [0.15, 0.2) is 0 Å². The van der Waals surface area contributed by atoms with E-state index in [1.165, 1.54) is 19.3 Å². The summed E-state index contributed by atoms with van der Waals surface area (Å²) < 4.78 is 5.98. The number of hydrogen-bond acceptors (Lipinski definition) is 3. The molecule has 0 radical (unpaired) electrons. The molecule has 0 bridgehead atoms. The second-order valence-corrected chi connectivity index (χ2v) is 5.17. The lowest BCUT2D eigenvalue weighted by molar-refractivity contribution is 0.148. The Balaban J connectivity index is 1.90. The minimum absolute atomic E-state index is 0.0179. The quantitative estimate of drug-likeness (QED) is 0.915. The van der Waals surface area contributed by atoms with Crippen molar-refractivity contribution in [3.05, 3.63) is 35.9 Å². The van der Waals surface area contributed by atoms with Crippen LogP contribution in [0.2, 0.25) is 0 Å². The Morgan fingerprint density at radius 3 is 2.74 bits per heavy atom. The van der Waals surface area contributed by atoms with Gasteiger partial charge in [-0.05, 0) is 37.3 Å². The highest BCUT2D eigenvalue weighted by Gasteiger charge is 2.16. The number of pyridine rings is 1. The molecule has 0 aliphatic heterocycles. The van der Waals surface area contributed by atoms with Gasteiger partial charge in [-0.25, -0.2) is 4.98 Å². The van der Waals surface area contributed by atoms with E-state index in [1.807, 2.05) is 30.3 Å². The molecule has 3 heteroatoms. The van der Waals surface area contributed by atoms with Gasteiger partial charge in [-0.15, -0.1) is 0 Å². The van der Waals surface area contributed by atoms with Gasteiger partial charge < -0.3 is 9.84 Å². The number of aliphatic hydroxyl groups is 1. The van der Waals surface area contributed by atoms with Gasteiger partial charge in [0.25, 0.3) is 0 Å². The summed E-state index contributed by atoms with van der Waals surface area (Å²) in [4.78, 5) is 4.54. The number of aliphatic hydroxyl groups excluding tert-OH is 1. The molecule has 19 heavy (non-hydrogen) atoms. The van der Waals surface area contributed by atoms with E-state index < -0.39 is 0 Å². The van der Waals surface area contributed by atoms with Crippen LogP contribution in [0.1, 0.15) is 37.7 Å². The van der Waals surface area contributed by atoms with Crippen molar-refractivity contribution in [3.8, 4) is 5.88 Å². The summed E-state index contributed by atoms with van der Waals surface area (Å²) in [5, 5.41) is 10.5. The summed E-state index contributed by atoms with van der Waals surface area (Å²) >= 11 is 0. The van der Waals surface area contributed by atoms with E-state index >= 15 is 0 Å². The molecule has 1 aliphatic carbocycles. The molecule has 1 N–H and O–H groups in total. The minimum Gasteiger partial charge on any atom is -0.474 e. The van der Waals surface area contributed by atoms with E-state index in [9.17, 15) is 5.11 Å². The second-order valence-electron chi connectivity index (χ2n) is 5.17. The van der Waals surface area contributed by atoms with Crippen LogP contribution in [-0.2, 0) is 6.61 Å². The smallest absolute Gasteiger partial charge is 0.214 e. The zero-order valence-corrected chi connectivity index (χ0v) is 11.0. The summed E-state index contributed by atoms with van der Waals surface area (Å²) in [5.41, 5.74) is 1.77. The molecule has 3 rings (SSSR count). The van der Waals surface area contributed by atoms with Gasteiger partial charge in [0, 0.05) is 11.5 Å². The van der Waals surface area contributed by atoms with E-state index in [0.29, 0.717) is 5.88 Å². The van der Waals surface area contributed by atoms with Gasteiger partial charge in [0.1, 0.15) is 6.10 Å². The van der Waals surface area contributed by atoms with Crippen molar-refractivity contribution in [1.29, 1.82) is 0 Å². The maximum absolute atomic E-state index is 9.48. The number of fused-ring (bicyclic) bond motifs is 1. The van der Waals surface area contributed by atoms with Crippen molar-refractivity contribution in [2.45, 2.75) is 44.8 Å². The Labute approximate surface area is 113 Å². The Morgan fingerprint density at radius 1 is 1.16 bits per heavy atom. The molecule has 0 unspecified atom stereocenters. The van der Waals surface area contributed by atoms with Gasteiger partial charge in [-0.2, -0.15) is 0 Å². The van der Waals surface area contributed by atoms with Gasteiger partial charge in [0.05, 0.1) is 12.1 Å². The van der Waals surface area contributed by atoms with Crippen LogP contribution >= 0.6 is 0 Å². The van der Waals surface area contributed by atoms with Crippen molar-refractivity contribution in [2.75, 3.05) is 0 Å². The van der Waals surface area contributed by atoms with Gasteiger partial charge >= 0.3 is 0 Å². The molecule has 0 amide bonds. The third kappa shape index (κ3) is 2.71. The van der Waals surface area contributed by atoms with Gasteiger partial charge in [-0.3, -0.25) is 0 Å². The molecular weight excluding hydrogens is 238 g/mol. The SMILES string of the molecule is OCc1cc(OC2CCCCC2)nc2ccccc12. The molecule has 2 aromatic rings. The molecule has 1 saturated carbocycles. The van der Waals surface area contributed by atoms with E-state index in [1.54, 1.807) is 0 Å². The maximum Gasteiger partial charge on any atom is 0.214 e. The lowest BCUT2D eigenvalue weighted by Gasteiger charge is -2.22. The normalized spacial score (nSPS) is 16.7. The van der Waals surface area contributed by atoms with E-state index in [4.69, 9.17) is 4.74 Å². The Morgan fingerprint density at radius 2 is 1.95 bits per heavy atom. The summed E-state index contributed by atoms with van der Waals surface area (Å²) in [5.74, 6) is 0.648. The van der Waals surface area contributed by atoms with Crippen LogP contribution in [0, 0.1) is 0 Å². The summed E-state index contributed by atoms with van der Waals surface area (Å²) in [6.07, 6.45) is 6.31. The van der Waals surface area contributed by atoms with Crippen LogP contribution in [0.5, 0.6) is 5.88 Å². The van der Waals surface area contributed by atoms with Crippen molar-refractivity contribution in [1.82, 2.24) is 4.98 Å². The van der Waals surface area contributed by atoms with Crippen LogP contribution in [0.4, 0.5) is 0 Å². The topological polar surface area (TPSA) is 42.4 Å². The molecule has 1 fully saturated rings. The first-order valence-corrected chi connectivity index (χ1v) is 7.03. The first kappa shape index (κ1) is 12.4. The molecule has 100 valence electrons. The van der Waals surface area contributed by atoms with Crippen LogP contribution in [0.3, 0.4) is 0 Å². The number of rotatable bonds is 3. The molecule has 0 atom stereocenters. The Bertz CT molecular complexity index is 562. The van der Waals surface area contributed by atoms with E-state index in [2.05, 4.69) is 4.98 Å². The Hall–Kier alpha value is -1.61. The molecule has 3 nitrogen and oxygen atoms in total. The predicted molar refractivity (Wildman–Crippen MR) is 75.2 cm³/mol. The first-order chi connectivity index (χ1) is 9.36. The predicted octanol–water partition coefficient (Wildman–Crippen LogP) is 3.44. The summed E-state index contributed by atoms with van der Waals surface area (Å²) in [6, 6.07) is 9.74. The molecule has 1 aromatic heterocycles. The minimum atomic E-state index is 0.0179. The number of hydrogen-bond donors (Lipinski definition) is 1. The first-order valence-electron chi connectivity index (χ1n) is 7.03. The number of para-hydroxylation sites is 1. The van der Waals surface area contributed by atoms with E-state index in [0.717, 1.165) is 29.3 Å². The molecule has 1 aromatic carbocycles. The third-order valence-corrected chi connectivity index (χ3v) is 3.79. The van der Waals surface area contributed by atoms with Gasteiger partial charge in [-0.1, -0.05) is 24.6 Å². The zero-order chi connectivity index (χ0) is 13.1. The lowest BCUT2D eigenvalue weighted by Crippen LogP contribution is -2.20. The molecule has 0 spiro atoms. The molecular formula is C16H19NO2. The Kier molecular flexibility index (Phi) is 3.65. The van der Waals surface area contributed by atoms with Crippen LogP contribution in [-0.4, -0.2) is 16.2 Å². The fourth-order valence-corrected chi connectivity index (χ4v) is 2.77.